The molecule has 1 aromatic carbocycles. The molecule has 0 unspecified atom stereocenters. The number of likely N-dealkylation sites (tertiary alicyclic amines) is 1. The molecule has 0 saturated carbocycles. The summed E-state index contributed by atoms with van der Waals surface area (Å²) >= 11 is 3.07. The highest BCUT2D eigenvalue weighted by Crippen LogP contribution is 2.29. The number of imide groups is 1. The molecule has 0 atom stereocenters. The Morgan fingerprint density at radius 2 is 2.11 bits per heavy atom. The number of hydrogen-bond acceptors (Lipinski definition) is 4. The molecule has 0 aliphatic carbocycles. The van der Waals surface area contributed by atoms with Gasteiger partial charge in [-0.25, -0.2) is 0 Å². The van der Waals surface area contributed by atoms with Gasteiger partial charge in [-0.1, -0.05) is 6.07 Å². The number of nitrogens with zero attached hydrogens (tertiary/aromatic N) is 2. The molecule has 1 aliphatic heterocycles. The fraction of sp³-hybridized carbons (Fsp3) is 0.333. The van der Waals surface area contributed by atoms with Crippen LogP contribution in [-0.2, 0) is 4.79 Å². The Labute approximate surface area is 117 Å². The van der Waals surface area contributed by atoms with Gasteiger partial charge in [0.15, 0.2) is 0 Å². The lowest BCUT2D eigenvalue weighted by Crippen LogP contribution is -2.40. The van der Waals surface area contributed by atoms with E-state index < -0.39 is 10.8 Å². The number of carbonyl (C=O) groups excluding carboxylic acids is 2. The number of carbonyl (C=O) groups is 2. The molecule has 6 nitrogen and oxygen atoms in total. The van der Waals surface area contributed by atoms with E-state index in [-0.39, 0.29) is 21.6 Å². The molecular formula is C12H11BrN2O4. The first-order valence-corrected chi connectivity index (χ1v) is 6.59. The summed E-state index contributed by atoms with van der Waals surface area (Å²) < 4.78 is 0.114. The van der Waals surface area contributed by atoms with Gasteiger partial charge in [-0.15, -0.1) is 0 Å². The van der Waals surface area contributed by atoms with Gasteiger partial charge in [0.05, 0.1) is 10.5 Å². The topological polar surface area (TPSA) is 80.5 Å². The van der Waals surface area contributed by atoms with Crippen LogP contribution in [0.4, 0.5) is 5.69 Å². The Hall–Kier alpha value is -1.76. The van der Waals surface area contributed by atoms with Crippen LogP contribution in [0.15, 0.2) is 22.7 Å². The van der Waals surface area contributed by atoms with Gasteiger partial charge in [0, 0.05) is 19.0 Å². The van der Waals surface area contributed by atoms with Crippen LogP contribution in [0, 0.1) is 10.1 Å². The molecule has 1 fully saturated rings. The Balaban J connectivity index is 2.36. The second-order valence-electron chi connectivity index (χ2n) is 4.20. The zero-order valence-corrected chi connectivity index (χ0v) is 11.6. The van der Waals surface area contributed by atoms with Crippen LogP contribution in [0.1, 0.15) is 29.6 Å². The molecule has 1 aromatic rings. The smallest absolute Gasteiger partial charge is 0.278 e. The minimum atomic E-state index is -0.571. The lowest BCUT2D eigenvalue weighted by molar-refractivity contribution is -0.385. The third kappa shape index (κ3) is 2.65. The van der Waals surface area contributed by atoms with Crippen LogP contribution >= 0.6 is 15.9 Å². The molecule has 1 heterocycles. The highest BCUT2D eigenvalue weighted by atomic mass is 79.9. The van der Waals surface area contributed by atoms with Crippen molar-refractivity contribution in [2.75, 3.05) is 6.54 Å². The van der Waals surface area contributed by atoms with Crippen LogP contribution in [0.5, 0.6) is 0 Å². The summed E-state index contributed by atoms with van der Waals surface area (Å²) in [5.41, 5.74) is -0.0419. The Kier molecular flexibility index (Phi) is 3.94. The average Bonchev–Trinajstić information content (AvgIpc) is 2.38. The van der Waals surface area contributed by atoms with Crippen molar-refractivity contribution in [2.45, 2.75) is 19.3 Å². The van der Waals surface area contributed by atoms with Crippen LogP contribution in [0.3, 0.4) is 0 Å². The number of halogens is 1. The molecule has 1 saturated heterocycles. The molecule has 0 N–H and O–H groups in total. The molecule has 2 rings (SSSR count). The van der Waals surface area contributed by atoms with Crippen molar-refractivity contribution in [2.24, 2.45) is 0 Å². The molecule has 0 spiro atoms. The third-order valence-corrected chi connectivity index (χ3v) is 3.81. The molecule has 0 radical (unpaired) electrons. The van der Waals surface area contributed by atoms with Crippen molar-refractivity contribution >= 4 is 33.4 Å². The Morgan fingerprint density at radius 1 is 1.37 bits per heavy atom. The first-order chi connectivity index (χ1) is 9.02. The summed E-state index contributed by atoms with van der Waals surface area (Å²) in [5.74, 6) is -0.713. The van der Waals surface area contributed by atoms with Gasteiger partial charge in [-0.2, -0.15) is 0 Å². The van der Waals surface area contributed by atoms with Crippen molar-refractivity contribution in [3.05, 3.63) is 38.3 Å². The van der Waals surface area contributed by atoms with E-state index in [0.717, 1.165) is 17.7 Å². The van der Waals surface area contributed by atoms with Gasteiger partial charge >= 0.3 is 0 Å². The lowest BCUT2D eigenvalue weighted by Gasteiger charge is -2.25. The molecule has 2 amide bonds. The fourth-order valence-electron chi connectivity index (χ4n) is 1.99. The van der Waals surface area contributed by atoms with E-state index in [1.165, 1.54) is 18.2 Å². The third-order valence-electron chi connectivity index (χ3n) is 2.97. The molecule has 0 bridgehead atoms. The number of rotatable bonds is 2. The SMILES string of the molecule is O=C1CCCCN1C(=O)c1cccc([N+](=O)[O-])c1Br. The Bertz CT molecular complexity index is 559. The van der Waals surface area contributed by atoms with Gasteiger partial charge in [-0.3, -0.25) is 24.6 Å². The zero-order chi connectivity index (χ0) is 14.0. The monoisotopic (exact) mass is 326 g/mol. The van der Waals surface area contributed by atoms with E-state index in [1.54, 1.807) is 0 Å². The maximum Gasteiger partial charge on any atom is 0.284 e. The zero-order valence-electron chi connectivity index (χ0n) is 9.97. The van der Waals surface area contributed by atoms with E-state index in [0.29, 0.717) is 13.0 Å². The molecule has 100 valence electrons. The normalized spacial score (nSPS) is 15.4. The molecular weight excluding hydrogens is 316 g/mol. The summed E-state index contributed by atoms with van der Waals surface area (Å²) in [4.78, 5) is 35.4. The molecule has 19 heavy (non-hydrogen) atoms. The van der Waals surface area contributed by atoms with Crippen molar-refractivity contribution in [1.82, 2.24) is 4.90 Å². The number of amides is 2. The average molecular weight is 327 g/mol. The molecule has 1 aliphatic rings. The summed E-state index contributed by atoms with van der Waals surface area (Å²) in [7, 11) is 0. The summed E-state index contributed by atoms with van der Waals surface area (Å²) in [6.45, 7) is 0.368. The van der Waals surface area contributed by atoms with E-state index in [1.807, 2.05) is 0 Å². The Morgan fingerprint density at radius 3 is 2.74 bits per heavy atom. The minimum Gasteiger partial charge on any atom is -0.278 e. The van der Waals surface area contributed by atoms with Gasteiger partial charge in [0.1, 0.15) is 4.47 Å². The van der Waals surface area contributed by atoms with E-state index >= 15 is 0 Å². The van der Waals surface area contributed by atoms with Crippen molar-refractivity contribution in [3.63, 3.8) is 0 Å². The van der Waals surface area contributed by atoms with Gasteiger partial charge < -0.3 is 0 Å². The van der Waals surface area contributed by atoms with Gasteiger partial charge in [-0.05, 0) is 34.8 Å². The maximum atomic E-state index is 12.3. The second-order valence-corrected chi connectivity index (χ2v) is 5.00. The lowest BCUT2D eigenvalue weighted by atomic mass is 10.1. The van der Waals surface area contributed by atoms with Gasteiger partial charge in [0.2, 0.25) is 5.91 Å². The predicted molar refractivity (Wildman–Crippen MR) is 70.7 cm³/mol. The van der Waals surface area contributed by atoms with Gasteiger partial charge in [0.25, 0.3) is 11.6 Å². The second kappa shape index (κ2) is 5.48. The molecule has 7 heteroatoms. The van der Waals surface area contributed by atoms with Crippen molar-refractivity contribution in [3.8, 4) is 0 Å². The maximum absolute atomic E-state index is 12.3. The summed E-state index contributed by atoms with van der Waals surface area (Å²) in [5, 5.41) is 10.8. The summed E-state index contributed by atoms with van der Waals surface area (Å²) in [6.07, 6.45) is 1.89. The number of hydrogen-bond donors (Lipinski definition) is 0. The number of piperidine rings is 1. The van der Waals surface area contributed by atoms with Crippen LogP contribution in [0.2, 0.25) is 0 Å². The summed E-state index contributed by atoms with van der Waals surface area (Å²) in [6, 6.07) is 4.21. The highest BCUT2D eigenvalue weighted by molar-refractivity contribution is 9.10. The standard InChI is InChI=1S/C12H11BrN2O4/c13-11-8(4-3-5-9(11)15(18)19)12(17)14-7-2-1-6-10(14)16/h3-5H,1-2,6-7H2. The van der Waals surface area contributed by atoms with Crippen LogP contribution in [-0.4, -0.2) is 28.2 Å². The van der Waals surface area contributed by atoms with Crippen molar-refractivity contribution in [1.29, 1.82) is 0 Å². The van der Waals surface area contributed by atoms with Crippen LogP contribution in [0.25, 0.3) is 0 Å². The quantitative estimate of drug-likeness (QED) is 0.475. The van der Waals surface area contributed by atoms with Crippen molar-refractivity contribution < 1.29 is 14.5 Å². The molecule has 0 aromatic heterocycles. The number of nitro benzene ring substituents is 1. The van der Waals surface area contributed by atoms with Crippen LogP contribution < -0.4 is 0 Å². The fourth-order valence-corrected chi connectivity index (χ4v) is 2.57. The van der Waals surface area contributed by atoms with E-state index in [9.17, 15) is 19.7 Å². The predicted octanol–water partition coefficient (Wildman–Crippen LogP) is 2.51. The first-order valence-electron chi connectivity index (χ1n) is 5.80. The minimum absolute atomic E-state index is 0.114. The number of benzene rings is 1. The number of nitro groups is 1. The van der Waals surface area contributed by atoms with E-state index in [2.05, 4.69) is 15.9 Å². The highest BCUT2D eigenvalue weighted by Gasteiger charge is 2.28. The van der Waals surface area contributed by atoms with E-state index in [4.69, 9.17) is 0 Å². The first kappa shape index (κ1) is 13.7. The largest absolute Gasteiger partial charge is 0.284 e.